The summed E-state index contributed by atoms with van der Waals surface area (Å²) in [5.41, 5.74) is 1.07. The van der Waals surface area contributed by atoms with Gasteiger partial charge >= 0.3 is 0 Å². The number of anilines is 1. The van der Waals surface area contributed by atoms with Gasteiger partial charge in [-0.2, -0.15) is 5.26 Å². The van der Waals surface area contributed by atoms with Crippen LogP contribution < -0.4 is 5.32 Å². The van der Waals surface area contributed by atoms with E-state index >= 15 is 0 Å². The molecule has 1 aromatic rings. The smallest absolute Gasteiger partial charge is 0.264 e. The number of hydrogen-bond donors (Lipinski definition) is 1. The molecule has 0 unspecified atom stereocenters. The van der Waals surface area contributed by atoms with E-state index in [1.54, 1.807) is 11.8 Å². The number of carbonyl (C=O) groups is 2. The average molecular weight is 420 g/mol. The molecule has 0 saturated carbocycles. The molecular weight excluding hydrogens is 382 g/mol. The van der Waals surface area contributed by atoms with Crippen molar-refractivity contribution in [2.75, 3.05) is 18.4 Å². The lowest BCUT2D eigenvalue weighted by Gasteiger charge is -2.17. The van der Waals surface area contributed by atoms with Crippen LogP contribution in [0.3, 0.4) is 0 Å². The van der Waals surface area contributed by atoms with E-state index in [0.717, 1.165) is 12.8 Å². The van der Waals surface area contributed by atoms with E-state index in [0.29, 0.717) is 40.5 Å². The molecule has 1 heterocycles. The van der Waals surface area contributed by atoms with Crippen molar-refractivity contribution in [1.82, 2.24) is 4.90 Å². The Morgan fingerprint density at radius 3 is 2.03 bits per heavy atom. The third-order valence-electron chi connectivity index (χ3n) is 5.26. The number of nitriles is 1. The normalized spacial score (nSPS) is 10.6. The van der Waals surface area contributed by atoms with Gasteiger partial charge in [-0.1, -0.05) is 58.3 Å². The summed E-state index contributed by atoms with van der Waals surface area (Å²) >= 11 is 1.22. The molecule has 0 aliphatic carbocycles. The first-order valence-electron chi connectivity index (χ1n) is 11.1. The SMILES string of the molecule is CCCCCCCCCCCC(=O)Nc1sc(C(=O)N(CC)CC)c(C)c1C#N. The third-order valence-corrected chi connectivity index (χ3v) is 6.46. The second-order valence-electron chi connectivity index (χ2n) is 7.48. The lowest BCUT2D eigenvalue weighted by Crippen LogP contribution is -2.30. The first kappa shape index (κ1) is 25.2. The molecule has 0 radical (unpaired) electrons. The van der Waals surface area contributed by atoms with Crippen LogP contribution in [0.1, 0.15) is 106 Å². The van der Waals surface area contributed by atoms with Crippen LogP contribution >= 0.6 is 11.3 Å². The van der Waals surface area contributed by atoms with Gasteiger partial charge in [-0.25, -0.2) is 0 Å². The summed E-state index contributed by atoms with van der Waals surface area (Å²) in [6, 6.07) is 2.15. The highest BCUT2D eigenvalue weighted by atomic mass is 32.1. The number of rotatable bonds is 14. The zero-order valence-electron chi connectivity index (χ0n) is 18.6. The second-order valence-corrected chi connectivity index (χ2v) is 8.50. The quantitative estimate of drug-likeness (QED) is 0.361. The summed E-state index contributed by atoms with van der Waals surface area (Å²) in [6.45, 7) is 9.12. The minimum Gasteiger partial charge on any atom is -0.338 e. The molecule has 0 atom stereocenters. The van der Waals surface area contributed by atoms with E-state index in [1.165, 1.54) is 56.3 Å². The van der Waals surface area contributed by atoms with Crippen molar-refractivity contribution in [2.24, 2.45) is 0 Å². The number of carbonyl (C=O) groups excluding carboxylic acids is 2. The molecule has 162 valence electrons. The highest BCUT2D eigenvalue weighted by Gasteiger charge is 2.23. The van der Waals surface area contributed by atoms with Crippen LogP contribution in [0.2, 0.25) is 0 Å². The lowest BCUT2D eigenvalue weighted by atomic mass is 10.1. The average Bonchev–Trinajstić information content (AvgIpc) is 3.02. The molecule has 1 rings (SSSR count). The fourth-order valence-electron chi connectivity index (χ4n) is 3.38. The second kappa shape index (κ2) is 14.2. The lowest BCUT2D eigenvalue weighted by molar-refractivity contribution is -0.116. The topological polar surface area (TPSA) is 73.2 Å². The van der Waals surface area contributed by atoms with Crippen molar-refractivity contribution in [2.45, 2.75) is 91.9 Å². The highest BCUT2D eigenvalue weighted by Crippen LogP contribution is 2.33. The summed E-state index contributed by atoms with van der Waals surface area (Å²) in [7, 11) is 0. The van der Waals surface area contributed by atoms with E-state index in [9.17, 15) is 14.9 Å². The van der Waals surface area contributed by atoms with Gasteiger partial charge in [0.1, 0.15) is 11.1 Å². The number of thiophene rings is 1. The van der Waals surface area contributed by atoms with Gasteiger partial charge in [-0.3, -0.25) is 9.59 Å². The number of amides is 2. The Balaban J connectivity index is 2.50. The van der Waals surface area contributed by atoms with Gasteiger partial charge in [-0.05, 0) is 32.8 Å². The van der Waals surface area contributed by atoms with Crippen LogP contribution in [0, 0.1) is 18.3 Å². The van der Waals surface area contributed by atoms with Crippen molar-refractivity contribution in [3.05, 3.63) is 16.0 Å². The van der Waals surface area contributed by atoms with Crippen LogP contribution in [0.15, 0.2) is 0 Å². The Morgan fingerprint density at radius 1 is 0.966 bits per heavy atom. The molecule has 29 heavy (non-hydrogen) atoms. The van der Waals surface area contributed by atoms with Crippen LogP contribution in [0.25, 0.3) is 0 Å². The van der Waals surface area contributed by atoms with Crippen LogP contribution in [-0.2, 0) is 4.79 Å². The Labute approximate surface area is 180 Å². The van der Waals surface area contributed by atoms with E-state index in [1.807, 2.05) is 13.8 Å². The van der Waals surface area contributed by atoms with Crippen LogP contribution in [0.4, 0.5) is 5.00 Å². The van der Waals surface area contributed by atoms with Gasteiger partial charge in [0.05, 0.1) is 10.4 Å². The maximum Gasteiger partial charge on any atom is 0.264 e. The van der Waals surface area contributed by atoms with E-state index in [4.69, 9.17) is 0 Å². The molecular formula is C23H37N3O2S. The molecule has 0 fully saturated rings. The number of nitrogens with one attached hydrogen (secondary N) is 1. The Morgan fingerprint density at radius 2 is 1.52 bits per heavy atom. The monoisotopic (exact) mass is 419 g/mol. The molecule has 0 spiro atoms. The zero-order valence-corrected chi connectivity index (χ0v) is 19.4. The summed E-state index contributed by atoms with van der Waals surface area (Å²) in [4.78, 5) is 27.3. The van der Waals surface area contributed by atoms with E-state index in [2.05, 4.69) is 18.3 Å². The van der Waals surface area contributed by atoms with Gasteiger partial charge in [0.25, 0.3) is 5.91 Å². The summed E-state index contributed by atoms with van der Waals surface area (Å²) < 4.78 is 0. The fraction of sp³-hybridized carbons (Fsp3) is 0.696. The van der Waals surface area contributed by atoms with Crippen molar-refractivity contribution in [1.29, 1.82) is 5.26 Å². The summed E-state index contributed by atoms with van der Waals surface area (Å²) in [5.74, 6) is -0.152. The van der Waals surface area contributed by atoms with Crippen molar-refractivity contribution in [3.8, 4) is 6.07 Å². The van der Waals surface area contributed by atoms with Gasteiger partial charge in [0.2, 0.25) is 5.91 Å². The van der Waals surface area contributed by atoms with Gasteiger partial charge in [0, 0.05) is 19.5 Å². The molecule has 5 nitrogen and oxygen atoms in total. The minimum atomic E-state index is -0.0764. The first-order valence-corrected chi connectivity index (χ1v) is 11.9. The number of nitrogens with zero attached hydrogens (tertiary/aromatic N) is 2. The minimum absolute atomic E-state index is 0.0755. The van der Waals surface area contributed by atoms with Gasteiger partial charge < -0.3 is 10.2 Å². The van der Waals surface area contributed by atoms with Crippen molar-refractivity contribution >= 4 is 28.2 Å². The van der Waals surface area contributed by atoms with Crippen molar-refractivity contribution in [3.63, 3.8) is 0 Å². The molecule has 0 aliphatic heterocycles. The Bertz CT molecular complexity index is 687. The Kier molecular flexibility index (Phi) is 12.3. The highest BCUT2D eigenvalue weighted by molar-refractivity contribution is 7.18. The summed E-state index contributed by atoms with van der Waals surface area (Å²) in [6.07, 6.45) is 11.3. The molecule has 6 heteroatoms. The van der Waals surface area contributed by atoms with Gasteiger partial charge in [0.15, 0.2) is 0 Å². The molecule has 1 N–H and O–H groups in total. The maximum absolute atomic E-state index is 12.7. The first-order chi connectivity index (χ1) is 14.0. The molecule has 1 aromatic heterocycles. The molecule has 0 saturated heterocycles. The van der Waals surface area contributed by atoms with Crippen LogP contribution in [0.5, 0.6) is 0 Å². The maximum atomic E-state index is 12.7. The number of unbranched alkanes of at least 4 members (excludes halogenated alkanes) is 8. The predicted molar refractivity (Wildman–Crippen MR) is 121 cm³/mol. The van der Waals surface area contributed by atoms with E-state index in [-0.39, 0.29) is 11.8 Å². The largest absolute Gasteiger partial charge is 0.338 e. The number of hydrogen-bond acceptors (Lipinski definition) is 4. The summed E-state index contributed by atoms with van der Waals surface area (Å²) in [5, 5.41) is 12.9. The molecule has 2 amide bonds. The zero-order chi connectivity index (χ0) is 21.6. The van der Waals surface area contributed by atoms with Gasteiger partial charge in [-0.15, -0.1) is 11.3 Å². The van der Waals surface area contributed by atoms with Crippen molar-refractivity contribution < 1.29 is 9.59 Å². The Hall–Kier alpha value is -1.87. The third kappa shape index (κ3) is 8.18. The fourth-order valence-corrected chi connectivity index (χ4v) is 4.52. The van der Waals surface area contributed by atoms with Crippen LogP contribution in [-0.4, -0.2) is 29.8 Å². The predicted octanol–water partition coefficient (Wildman–Crippen LogP) is 6.27. The molecule has 0 bridgehead atoms. The standard InChI is InChI=1S/C23H37N3O2S/c1-5-8-9-10-11-12-13-14-15-16-20(27)25-22-19(17-24)18(4)21(29-22)23(28)26(6-2)7-3/h5-16H2,1-4H3,(H,25,27). The van der Waals surface area contributed by atoms with E-state index < -0.39 is 0 Å². The molecule has 0 aliphatic rings. The molecule has 0 aromatic carbocycles.